The zero-order chi connectivity index (χ0) is 42.1. The number of piperidine rings is 2. The number of fused-ring (bicyclic) bond motifs is 4. The van der Waals surface area contributed by atoms with E-state index in [-0.39, 0.29) is 43.4 Å². The van der Waals surface area contributed by atoms with Gasteiger partial charge in [0, 0.05) is 13.1 Å². The zero-order valence-corrected chi connectivity index (χ0v) is 33.9. The van der Waals surface area contributed by atoms with Crippen molar-refractivity contribution in [3.63, 3.8) is 0 Å². The van der Waals surface area contributed by atoms with Gasteiger partial charge in [-0.3, -0.25) is 29.3 Å². The van der Waals surface area contributed by atoms with Crippen LogP contribution in [0.4, 0.5) is 19.2 Å². The molecule has 57 heavy (non-hydrogen) atoms. The van der Waals surface area contributed by atoms with Gasteiger partial charge in [0.1, 0.15) is 29.9 Å². The van der Waals surface area contributed by atoms with Gasteiger partial charge in [0.05, 0.1) is 37.4 Å². The first-order chi connectivity index (χ1) is 26.7. The van der Waals surface area contributed by atoms with Gasteiger partial charge in [0.25, 0.3) is 11.8 Å². The number of nitrogens with one attached hydrogen (secondary N) is 4. The largest absolute Gasteiger partial charge is 0.444 e. The molecule has 0 spiro atoms. The Kier molecular flexibility index (Phi) is 15.3. The van der Waals surface area contributed by atoms with E-state index in [1.807, 2.05) is 30.3 Å². The summed E-state index contributed by atoms with van der Waals surface area (Å²) in [6.07, 6.45) is 1.05. The molecular formula is C37H58N8O12. The number of alkyl carbamates (subject to hydrolysis) is 2. The number of hydrogen-bond acceptors (Lipinski definition) is 12. The molecule has 4 aliphatic heterocycles. The summed E-state index contributed by atoms with van der Waals surface area (Å²) in [5.74, 6) is -0.849. The Morgan fingerprint density at radius 3 is 1.67 bits per heavy atom. The van der Waals surface area contributed by atoms with Crippen LogP contribution in [-0.4, -0.2) is 135 Å². The van der Waals surface area contributed by atoms with Crippen LogP contribution in [0.25, 0.3) is 0 Å². The number of hydrogen-bond donors (Lipinski definition) is 5. The molecule has 318 valence electrons. The van der Waals surface area contributed by atoms with E-state index in [9.17, 15) is 34.0 Å². The Labute approximate surface area is 332 Å². The molecule has 20 heteroatoms. The van der Waals surface area contributed by atoms with Crippen LogP contribution < -0.4 is 21.6 Å². The van der Waals surface area contributed by atoms with Crippen LogP contribution in [0, 0.1) is 0 Å². The molecule has 4 saturated heterocycles. The lowest BCUT2D eigenvalue weighted by Gasteiger charge is -2.29. The molecule has 20 nitrogen and oxygen atoms in total. The molecule has 5 N–H and O–H groups in total. The molecule has 1 aromatic rings. The molecule has 0 radical (unpaired) electrons. The molecule has 5 rings (SSSR count). The summed E-state index contributed by atoms with van der Waals surface area (Å²) in [7, 11) is 0. The smallest absolute Gasteiger partial charge is 0.407 e. The first-order valence-corrected chi connectivity index (χ1v) is 19.1. The van der Waals surface area contributed by atoms with Crippen molar-refractivity contribution in [2.24, 2.45) is 0 Å². The zero-order valence-electron chi connectivity index (χ0n) is 33.9. The van der Waals surface area contributed by atoms with E-state index in [1.54, 1.807) is 55.4 Å². The van der Waals surface area contributed by atoms with Gasteiger partial charge in [-0.15, -0.1) is 0 Å². The van der Waals surface area contributed by atoms with Crippen LogP contribution in [-0.2, 0) is 40.2 Å². The van der Waals surface area contributed by atoms with Gasteiger partial charge in [-0.1, -0.05) is 30.3 Å². The molecule has 0 unspecified atom stereocenters. The summed E-state index contributed by atoms with van der Waals surface area (Å²) in [5.41, 5.74) is 4.47. The van der Waals surface area contributed by atoms with Crippen molar-refractivity contribution in [1.82, 2.24) is 41.5 Å². The van der Waals surface area contributed by atoms with Gasteiger partial charge in [-0.25, -0.2) is 35.2 Å². The fourth-order valence-electron chi connectivity index (χ4n) is 6.42. The normalized spacial score (nSPS) is 22.5. The highest BCUT2D eigenvalue weighted by atomic mass is 16.7. The predicted molar refractivity (Wildman–Crippen MR) is 200 cm³/mol. The fraction of sp³-hybridized carbons (Fsp3) is 0.676. The molecule has 6 atom stereocenters. The van der Waals surface area contributed by atoms with Crippen LogP contribution in [0.5, 0.6) is 0 Å². The first kappa shape index (κ1) is 44.8. The van der Waals surface area contributed by atoms with Gasteiger partial charge in [-0.05, 0) is 86.6 Å². The Bertz CT molecular complexity index is 1570. The second-order valence-corrected chi connectivity index (χ2v) is 16.4. The standard InChI is InChI=1S/C22H32N4O6.C15H26N4O6/c1-15(23-20(28)32-22(2,3)4)13-30-24-19(27)18-11-10-17-12-25(18)21(29)26(17)31-14-16-8-6-5-7-9-16;1-9(16-13(21)25-15(2,3)4)8-24-17-12(20)11-6-5-10-7-18(11)14(22)19(10)23/h5-9,15,17-18H,10-14H2,1-4H3,(H,23,28)(H,24,27);9-11,23H,5-8H2,1-4H3,(H,16,21)(H,17,20)/t15-,17+,18-;9-,10+,11-/m00/s1. The lowest BCUT2D eigenvalue weighted by Crippen LogP contribution is -2.50. The Morgan fingerprint density at radius 2 is 1.18 bits per heavy atom. The Balaban J connectivity index is 0.000000261. The third kappa shape index (κ3) is 13.3. The van der Waals surface area contributed by atoms with Crippen molar-refractivity contribution in [2.75, 3.05) is 26.3 Å². The third-order valence-electron chi connectivity index (χ3n) is 9.02. The van der Waals surface area contributed by atoms with Crippen LogP contribution in [0.2, 0.25) is 0 Å². The van der Waals surface area contributed by atoms with Crippen molar-refractivity contribution < 1.29 is 58.0 Å². The minimum atomic E-state index is -0.671. The Hall–Kier alpha value is -4.92. The Morgan fingerprint density at radius 1 is 0.719 bits per heavy atom. The summed E-state index contributed by atoms with van der Waals surface area (Å²) >= 11 is 0. The molecule has 0 aliphatic carbocycles. The quantitative estimate of drug-likeness (QED) is 0.143. The third-order valence-corrected chi connectivity index (χ3v) is 9.02. The molecule has 4 bridgehead atoms. The van der Waals surface area contributed by atoms with Gasteiger partial charge < -0.3 is 29.9 Å². The molecule has 0 saturated carbocycles. The monoisotopic (exact) mass is 806 g/mol. The van der Waals surface area contributed by atoms with Gasteiger partial charge in [0.15, 0.2) is 0 Å². The number of nitrogens with zero attached hydrogens (tertiary/aromatic N) is 4. The summed E-state index contributed by atoms with van der Waals surface area (Å²) in [6.45, 7) is 15.2. The van der Waals surface area contributed by atoms with E-state index in [0.717, 1.165) is 5.56 Å². The highest BCUT2D eigenvalue weighted by Gasteiger charge is 2.48. The van der Waals surface area contributed by atoms with Crippen molar-refractivity contribution in [3.8, 4) is 0 Å². The van der Waals surface area contributed by atoms with Crippen molar-refractivity contribution >= 4 is 36.1 Å². The number of urea groups is 2. The molecule has 0 aromatic heterocycles. The van der Waals surface area contributed by atoms with Crippen LogP contribution in [0.3, 0.4) is 0 Å². The maximum absolute atomic E-state index is 12.8. The second-order valence-electron chi connectivity index (χ2n) is 16.4. The summed E-state index contributed by atoms with van der Waals surface area (Å²) in [6, 6.07) is 6.33. The van der Waals surface area contributed by atoms with E-state index in [2.05, 4.69) is 21.6 Å². The maximum atomic E-state index is 12.8. The SMILES string of the molecule is C[C@@H](CONC(=O)[C@@H]1CC[C@@H]2CN1C(=O)N2O)NC(=O)OC(C)(C)C.C[C@@H](CONC(=O)[C@@H]1CC[C@@H]2CN1C(=O)N2OCc1ccccc1)NC(=O)OC(C)(C)C. The average molecular weight is 807 g/mol. The molecule has 1 aromatic carbocycles. The number of rotatable bonds is 13. The maximum Gasteiger partial charge on any atom is 0.407 e. The lowest BCUT2D eigenvalue weighted by atomic mass is 10.0. The highest BCUT2D eigenvalue weighted by Crippen LogP contribution is 2.31. The van der Waals surface area contributed by atoms with Gasteiger partial charge in [0.2, 0.25) is 0 Å². The summed E-state index contributed by atoms with van der Waals surface area (Å²) in [5, 5.41) is 16.9. The number of carbonyl (C=O) groups is 6. The number of benzene rings is 1. The minimum Gasteiger partial charge on any atom is -0.444 e. The van der Waals surface area contributed by atoms with Crippen LogP contribution in [0.1, 0.15) is 86.6 Å². The lowest BCUT2D eigenvalue weighted by molar-refractivity contribution is -0.141. The molecular weight excluding hydrogens is 748 g/mol. The first-order valence-electron chi connectivity index (χ1n) is 19.1. The van der Waals surface area contributed by atoms with Crippen molar-refractivity contribution in [1.29, 1.82) is 0 Å². The molecule has 4 aliphatic rings. The number of amides is 8. The van der Waals surface area contributed by atoms with Crippen molar-refractivity contribution in [3.05, 3.63) is 35.9 Å². The second kappa shape index (κ2) is 19.5. The van der Waals surface area contributed by atoms with Gasteiger partial charge in [-0.2, -0.15) is 5.06 Å². The average Bonchev–Trinajstić information content (AvgIpc) is 3.48. The topological polar surface area (TPSA) is 230 Å². The summed E-state index contributed by atoms with van der Waals surface area (Å²) in [4.78, 5) is 91.8. The number of carbonyl (C=O) groups excluding carboxylic acids is 6. The van der Waals surface area contributed by atoms with E-state index >= 15 is 0 Å². The van der Waals surface area contributed by atoms with Crippen LogP contribution >= 0.6 is 0 Å². The molecule has 8 amide bonds. The number of hydroxylamine groups is 6. The predicted octanol–water partition coefficient (Wildman–Crippen LogP) is 2.95. The van der Waals surface area contributed by atoms with Gasteiger partial charge >= 0.3 is 24.2 Å². The van der Waals surface area contributed by atoms with E-state index < -0.39 is 53.3 Å². The minimum absolute atomic E-state index is 0.0421. The summed E-state index contributed by atoms with van der Waals surface area (Å²) < 4.78 is 10.3. The molecule has 4 fully saturated rings. The van der Waals surface area contributed by atoms with Crippen LogP contribution in [0.15, 0.2) is 30.3 Å². The van der Waals surface area contributed by atoms with E-state index in [4.69, 9.17) is 24.0 Å². The van der Waals surface area contributed by atoms with Crippen molar-refractivity contribution in [2.45, 2.75) is 135 Å². The highest BCUT2D eigenvalue weighted by molar-refractivity contribution is 5.88. The number of ether oxygens (including phenoxy) is 2. The fourth-order valence-corrected chi connectivity index (χ4v) is 6.42. The van der Waals surface area contributed by atoms with E-state index in [1.165, 1.54) is 14.9 Å². The van der Waals surface area contributed by atoms with E-state index in [0.29, 0.717) is 50.4 Å². The molecule has 4 heterocycles.